The summed E-state index contributed by atoms with van der Waals surface area (Å²) in [7, 11) is 0. The number of nitro groups is 1. The SMILES string of the molecule is O=C(/C=C/c1ccc([N+](=O)[O-])cc1)Nc1ccc(Cl)c(Cl)c1. The molecule has 0 spiro atoms. The molecule has 0 fully saturated rings. The molecule has 0 saturated carbocycles. The van der Waals surface area contributed by atoms with E-state index in [-0.39, 0.29) is 11.6 Å². The molecule has 0 saturated heterocycles. The number of amides is 1. The van der Waals surface area contributed by atoms with Gasteiger partial charge in [-0.05, 0) is 42.0 Å². The third kappa shape index (κ3) is 4.31. The summed E-state index contributed by atoms with van der Waals surface area (Å²) in [4.78, 5) is 21.8. The zero-order valence-corrected chi connectivity index (χ0v) is 12.6. The number of carbonyl (C=O) groups excluding carboxylic acids is 1. The normalized spacial score (nSPS) is 10.6. The molecule has 2 aromatic rings. The van der Waals surface area contributed by atoms with Crippen molar-refractivity contribution >= 4 is 46.6 Å². The summed E-state index contributed by atoms with van der Waals surface area (Å²) in [6.45, 7) is 0. The van der Waals surface area contributed by atoms with E-state index in [1.54, 1.807) is 36.4 Å². The number of hydrogen-bond donors (Lipinski definition) is 1. The highest BCUT2D eigenvalue weighted by atomic mass is 35.5. The largest absolute Gasteiger partial charge is 0.322 e. The Labute approximate surface area is 136 Å². The zero-order valence-electron chi connectivity index (χ0n) is 11.1. The number of anilines is 1. The number of halogens is 2. The molecule has 2 aromatic carbocycles. The Kier molecular flexibility index (Phi) is 5.14. The summed E-state index contributed by atoms with van der Waals surface area (Å²) in [5, 5.41) is 13.9. The number of nitrogens with zero attached hydrogens (tertiary/aromatic N) is 1. The van der Waals surface area contributed by atoms with Crippen LogP contribution in [0.15, 0.2) is 48.5 Å². The van der Waals surface area contributed by atoms with Gasteiger partial charge in [-0.3, -0.25) is 14.9 Å². The first-order valence-electron chi connectivity index (χ1n) is 6.14. The number of non-ortho nitro benzene ring substituents is 1. The Morgan fingerprint density at radius 3 is 2.36 bits per heavy atom. The van der Waals surface area contributed by atoms with E-state index in [1.165, 1.54) is 18.2 Å². The highest BCUT2D eigenvalue weighted by Gasteiger charge is 2.04. The maximum Gasteiger partial charge on any atom is 0.269 e. The lowest BCUT2D eigenvalue weighted by molar-refractivity contribution is -0.384. The molecule has 0 aliphatic rings. The van der Waals surface area contributed by atoms with Crippen LogP contribution in [0.4, 0.5) is 11.4 Å². The van der Waals surface area contributed by atoms with Gasteiger partial charge >= 0.3 is 0 Å². The fourth-order valence-electron chi connectivity index (χ4n) is 1.64. The quantitative estimate of drug-likeness (QED) is 0.505. The zero-order chi connectivity index (χ0) is 16.1. The summed E-state index contributed by atoms with van der Waals surface area (Å²) in [6, 6.07) is 10.6. The van der Waals surface area contributed by atoms with Gasteiger partial charge in [-0.15, -0.1) is 0 Å². The highest BCUT2D eigenvalue weighted by molar-refractivity contribution is 6.42. The van der Waals surface area contributed by atoms with E-state index in [0.29, 0.717) is 21.3 Å². The van der Waals surface area contributed by atoms with Crippen LogP contribution in [-0.4, -0.2) is 10.8 Å². The molecular formula is C15H10Cl2N2O3. The molecule has 7 heteroatoms. The Morgan fingerprint density at radius 1 is 1.09 bits per heavy atom. The highest BCUT2D eigenvalue weighted by Crippen LogP contribution is 2.25. The van der Waals surface area contributed by atoms with Crippen molar-refractivity contribution in [2.24, 2.45) is 0 Å². The Hall–Kier alpha value is -2.37. The average Bonchev–Trinajstić information content (AvgIpc) is 2.49. The van der Waals surface area contributed by atoms with Crippen LogP contribution < -0.4 is 5.32 Å². The van der Waals surface area contributed by atoms with Gasteiger partial charge in [0.05, 0.1) is 15.0 Å². The van der Waals surface area contributed by atoms with Gasteiger partial charge in [-0.2, -0.15) is 0 Å². The minimum absolute atomic E-state index is 0.00240. The number of nitro benzene ring substituents is 1. The lowest BCUT2D eigenvalue weighted by Gasteiger charge is -2.03. The molecule has 0 atom stereocenters. The van der Waals surface area contributed by atoms with Crippen LogP contribution in [0.2, 0.25) is 10.0 Å². The van der Waals surface area contributed by atoms with E-state index in [4.69, 9.17) is 23.2 Å². The standard InChI is InChI=1S/C15H10Cl2N2O3/c16-13-7-4-11(9-14(13)17)18-15(20)8-3-10-1-5-12(6-2-10)19(21)22/h1-9H,(H,18,20)/b8-3+. The molecule has 0 heterocycles. The van der Waals surface area contributed by atoms with E-state index in [9.17, 15) is 14.9 Å². The maximum atomic E-state index is 11.8. The van der Waals surface area contributed by atoms with Crippen molar-refractivity contribution in [3.05, 3.63) is 74.3 Å². The molecule has 1 N–H and O–H groups in total. The van der Waals surface area contributed by atoms with Crippen LogP contribution in [0, 0.1) is 10.1 Å². The van der Waals surface area contributed by atoms with E-state index in [2.05, 4.69) is 5.32 Å². The second kappa shape index (κ2) is 7.06. The summed E-state index contributed by atoms with van der Waals surface area (Å²) in [6.07, 6.45) is 2.88. The first kappa shape index (κ1) is 16.0. The molecular weight excluding hydrogens is 327 g/mol. The predicted octanol–water partition coefficient (Wildman–Crippen LogP) is 4.55. The molecule has 22 heavy (non-hydrogen) atoms. The predicted molar refractivity (Wildman–Crippen MR) is 87.2 cm³/mol. The van der Waals surface area contributed by atoms with E-state index >= 15 is 0 Å². The topological polar surface area (TPSA) is 72.2 Å². The van der Waals surface area contributed by atoms with Gasteiger partial charge in [0, 0.05) is 23.9 Å². The first-order chi connectivity index (χ1) is 10.5. The molecule has 0 aliphatic carbocycles. The summed E-state index contributed by atoms with van der Waals surface area (Å²) < 4.78 is 0. The lowest BCUT2D eigenvalue weighted by atomic mass is 10.2. The monoisotopic (exact) mass is 336 g/mol. The molecule has 1 amide bonds. The minimum atomic E-state index is -0.482. The van der Waals surface area contributed by atoms with Crippen molar-refractivity contribution in [1.82, 2.24) is 0 Å². The third-order valence-electron chi connectivity index (χ3n) is 2.72. The van der Waals surface area contributed by atoms with Crippen LogP contribution in [0.5, 0.6) is 0 Å². The van der Waals surface area contributed by atoms with Gasteiger partial charge in [0.25, 0.3) is 5.69 Å². The van der Waals surface area contributed by atoms with Gasteiger partial charge in [0.2, 0.25) is 5.91 Å². The van der Waals surface area contributed by atoms with Gasteiger partial charge in [-0.25, -0.2) is 0 Å². The van der Waals surface area contributed by atoms with Crippen molar-refractivity contribution in [3.63, 3.8) is 0 Å². The second-order valence-corrected chi connectivity index (χ2v) is 5.11. The molecule has 0 radical (unpaired) electrons. The van der Waals surface area contributed by atoms with Crippen LogP contribution >= 0.6 is 23.2 Å². The Morgan fingerprint density at radius 2 is 1.77 bits per heavy atom. The number of carbonyl (C=O) groups is 1. The number of benzene rings is 2. The van der Waals surface area contributed by atoms with Crippen molar-refractivity contribution in [2.75, 3.05) is 5.32 Å². The van der Waals surface area contributed by atoms with Crippen LogP contribution in [0.1, 0.15) is 5.56 Å². The lowest BCUT2D eigenvalue weighted by Crippen LogP contribution is -2.07. The maximum absolute atomic E-state index is 11.8. The average molecular weight is 337 g/mol. The number of nitrogens with one attached hydrogen (secondary N) is 1. The smallest absolute Gasteiger partial charge is 0.269 e. The van der Waals surface area contributed by atoms with Crippen molar-refractivity contribution < 1.29 is 9.72 Å². The molecule has 2 rings (SSSR count). The van der Waals surface area contributed by atoms with Crippen LogP contribution in [-0.2, 0) is 4.79 Å². The van der Waals surface area contributed by atoms with E-state index < -0.39 is 4.92 Å². The molecule has 112 valence electrons. The van der Waals surface area contributed by atoms with Gasteiger partial charge in [-0.1, -0.05) is 23.2 Å². The number of hydrogen-bond acceptors (Lipinski definition) is 3. The van der Waals surface area contributed by atoms with Crippen molar-refractivity contribution in [3.8, 4) is 0 Å². The summed E-state index contributed by atoms with van der Waals surface area (Å²) >= 11 is 11.6. The fraction of sp³-hybridized carbons (Fsp3) is 0. The summed E-state index contributed by atoms with van der Waals surface area (Å²) in [5.74, 6) is -0.350. The Bertz CT molecular complexity index is 743. The van der Waals surface area contributed by atoms with Gasteiger partial charge < -0.3 is 5.32 Å². The van der Waals surface area contributed by atoms with E-state index in [1.807, 2.05) is 0 Å². The second-order valence-electron chi connectivity index (χ2n) is 4.30. The summed E-state index contributed by atoms with van der Waals surface area (Å²) in [5.41, 5.74) is 1.19. The van der Waals surface area contributed by atoms with Gasteiger partial charge in [0.1, 0.15) is 0 Å². The van der Waals surface area contributed by atoms with Gasteiger partial charge in [0.15, 0.2) is 0 Å². The van der Waals surface area contributed by atoms with Crippen molar-refractivity contribution in [1.29, 1.82) is 0 Å². The fourth-order valence-corrected chi connectivity index (χ4v) is 1.93. The minimum Gasteiger partial charge on any atom is -0.322 e. The molecule has 0 bridgehead atoms. The molecule has 0 aromatic heterocycles. The van der Waals surface area contributed by atoms with Crippen molar-refractivity contribution in [2.45, 2.75) is 0 Å². The Balaban J connectivity index is 2.01. The molecule has 0 aliphatic heterocycles. The number of rotatable bonds is 4. The molecule has 0 unspecified atom stereocenters. The third-order valence-corrected chi connectivity index (χ3v) is 3.46. The molecule has 5 nitrogen and oxygen atoms in total. The van der Waals surface area contributed by atoms with Crippen LogP contribution in [0.3, 0.4) is 0 Å². The van der Waals surface area contributed by atoms with E-state index in [0.717, 1.165) is 0 Å². The van der Waals surface area contributed by atoms with Crippen LogP contribution in [0.25, 0.3) is 6.08 Å². The first-order valence-corrected chi connectivity index (χ1v) is 6.90.